The molecule has 1 aromatic heterocycles. The van der Waals surface area contributed by atoms with Crippen LogP contribution in [0.3, 0.4) is 0 Å². The van der Waals surface area contributed by atoms with E-state index in [9.17, 15) is 4.79 Å². The van der Waals surface area contributed by atoms with Crippen molar-refractivity contribution in [1.29, 1.82) is 0 Å². The van der Waals surface area contributed by atoms with Crippen molar-refractivity contribution in [2.24, 2.45) is 0 Å². The van der Waals surface area contributed by atoms with Gasteiger partial charge in [-0.2, -0.15) is 0 Å². The zero-order valence-corrected chi connectivity index (χ0v) is 15.8. The number of nitrogens with zero attached hydrogens (tertiary/aromatic N) is 1. The zero-order chi connectivity index (χ0) is 18.4. The van der Waals surface area contributed by atoms with Crippen LogP contribution in [0.5, 0.6) is 17.2 Å². The monoisotopic (exact) mass is 362 g/mol. The molecule has 1 N–H and O–H groups in total. The van der Waals surface area contributed by atoms with Crippen molar-refractivity contribution in [3.63, 3.8) is 0 Å². The molecule has 1 unspecified atom stereocenters. The second kappa shape index (κ2) is 8.53. The molecule has 0 aliphatic carbocycles. The second-order valence-corrected chi connectivity index (χ2v) is 6.38. The van der Waals surface area contributed by atoms with E-state index in [2.05, 4.69) is 10.3 Å². The Morgan fingerprint density at radius 2 is 1.84 bits per heavy atom. The summed E-state index contributed by atoms with van der Waals surface area (Å²) in [6.07, 6.45) is 3.17. The summed E-state index contributed by atoms with van der Waals surface area (Å²) in [6, 6.07) is 3.41. The van der Waals surface area contributed by atoms with Crippen molar-refractivity contribution in [2.75, 3.05) is 21.3 Å². The van der Waals surface area contributed by atoms with Crippen LogP contribution >= 0.6 is 11.3 Å². The van der Waals surface area contributed by atoms with Gasteiger partial charge in [-0.1, -0.05) is 0 Å². The number of hydrogen-bond acceptors (Lipinski definition) is 6. The summed E-state index contributed by atoms with van der Waals surface area (Å²) in [4.78, 5) is 16.4. The molecule has 0 bridgehead atoms. The third-order valence-corrected chi connectivity index (χ3v) is 4.38. The molecule has 1 aromatic carbocycles. The van der Waals surface area contributed by atoms with E-state index in [0.29, 0.717) is 17.2 Å². The van der Waals surface area contributed by atoms with Crippen molar-refractivity contribution >= 4 is 23.3 Å². The number of ether oxygens (including phenoxy) is 3. The van der Waals surface area contributed by atoms with Crippen LogP contribution in [-0.4, -0.2) is 32.2 Å². The van der Waals surface area contributed by atoms with Gasteiger partial charge in [0, 0.05) is 11.5 Å². The van der Waals surface area contributed by atoms with Crippen LogP contribution in [0.1, 0.15) is 29.2 Å². The average molecular weight is 362 g/mol. The van der Waals surface area contributed by atoms with E-state index in [0.717, 1.165) is 16.3 Å². The molecule has 2 aromatic rings. The fraction of sp³-hybridized carbons (Fsp3) is 0.333. The van der Waals surface area contributed by atoms with Gasteiger partial charge in [-0.05, 0) is 37.6 Å². The Bertz CT molecular complexity index is 745. The maximum atomic E-state index is 12.1. The SMILES string of the molecule is COc1cc(C(C)NC(=O)/C=C/c2csc(C)n2)cc(OC)c1OC. The molecule has 6 nitrogen and oxygen atoms in total. The Balaban J connectivity index is 2.13. The highest BCUT2D eigenvalue weighted by Crippen LogP contribution is 2.39. The van der Waals surface area contributed by atoms with Crippen LogP contribution in [-0.2, 0) is 4.79 Å². The molecule has 1 atom stereocenters. The van der Waals surface area contributed by atoms with Crippen LogP contribution in [0.25, 0.3) is 6.08 Å². The number of carbonyl (C=O) groups is 1. The normalized spacial score (nSPS) is 12.0. The predicted octanol–water partition coefficient (Wildman–Crippen LogP) is 3.37. The van der Waals surface area contributed by atoms with E-state index < -0.39 is 0 Å². The van der Waals surface area contributed by atoms with Crippen molar-refractivity contribution < 1.29 is 19.0 Å². The molecule has 1 amide bonds. The quantitative estimate of drug-likeness (QED) is 0.765. The van der Waals surface area contributed by atoms with Gasteiger partial charge in [0.05, 0.1) is 38.1 Å². The molecule has 0 aliphatic rings. The lowest BCUT2D eigenvalue weighted by molar-refractivity contribution is -0.117. The summed E-state index contributed by atoms with van der Waals surface area (Å²) in [5.74, 6) is 1.41. The molecule has 134 valence electrons. The van der Waals surface area contributed by atoms with Crippen LogP contribution in [0.4, 0.5) is 0 Å². The number of rotatable bonds is 7. The minimum Gasteiger partial charge on any atom is -0.493 e. The summed E-state index contributed by atoms with van der Waals surface area (Å²) in [5, 5.41) is 5.78. The Labute approximate surface area is 151 Å². The number of nitrogens with one attached hydrogen (secondary N) is 1. The molecule has 0 saturated heterocycles. The highest BCUT2D eigenvalue weighted by Gasteiger charge is 2.17. The number of hydrogen-bond donors (Lipinski definition) is 1. The predicted molar refractivity (Wildman–Crippen MR) is 98.5 cm³/mol. The number of benzene rings is 1. The lowest BCUT2D eigenvalue weighted by Crippen LogP contribution is -2.24. The van der Waals surface area contributed by atoms with Gasteiger partial charge in [-0.3, -0.25) is 4.79 Å². The van der Waals surface area contributed by atoms with E-state index in [-0.39, 0.29) is 11.9 Å². The molecular formula is C18H22N2O4S. The smallest absolute Gasteiger partial charge is 0.244 e. The van der Waals surface area contributed by atoms with E-state index in [1.54, 1.807) is 38.7 Å². The van der Waals surface area contributed by atoms with Gasteiger partial charge < -0.3 is 19.5 Å². The molecule has 1 heterocycles. The van der Waals surface area contributed by atoms with Crippen molar-refractivity contribution in [3.8, 4) is 17.2 Å². The number of thiazole rings is 1. The number of aromatic nitrogens is 1. The fourth-order valence-corrected chi connectivity index (χ4v) is 2.89. The topological polar surface area (TPSA) is 69.7 Å². The van der Waals surface area contributed by atoms with Gasteiger partial charge in [0.2, 0.25) is 11.7 Å². The van der Waals surface area contributed by atoms with Gasteiger partial charge in [0.1, 0.15) is 0 Å². The van der Waals surface area contributed by atoms with Crippen molar-refractivity contribution in [1.82, 2.24) is 10.3 Å². The number of aryl methyl sites for hydroxylation is 1. The summed E-state index contributed by atoms with van der Waals surface area (Å²) in [6.45, 7) is 3.81. The standard InChI is InChI=1S/C18H22N2O4S/c1-11(19-17(21)7-6-14-10-25-12(2)20-14)13-8-15(22-3)18(24-5)16(9-13)23-4/h6-11H,1-5H3,(H,19,21)/b7-6+. The number of methoxy groups -OCH3 is 3. The Morgan fingerprint density at radius 3 is 2.32 bits per heavy atom. The van der Waals surface area contributed by atoms with Gasteiger partial charge in [-0.15, -0.1) is 11.3 Å². The summed E-state index contributed by atoms with van der Waals surface area (Å²) < 4.78 is 16.0. The maximum Gasteiger partial charge on any atom is 0.244 e. The molecule has 2 rings (SSSR count). The van der Waals surface area contributed by atoms with E-state index in [1.807, 2.05) is 31.4 Å². The lowest BCUT2D eigenvalue weighted by Gasteiger charge is -2.18. The Hall–Kier alpha value is -2.54. The first kappa shape index (κ1) is 18.8. The summed E-state index contributed by atoms with van der Waals surface area (Å²) in [7, 11) is 4.67. The van der Waals surface area contributed by atoms with E-state index in [4.69, 9.17) is 14.2 Å². The third kappa shape index (κ3) is 4.73. The van der Waals surface area contributed by atoms with Gasteiger partial charge in [-0.25, -0.2) is 4.98 Å². The van der Waals surface area contributed by atoms with Crippen LogP contribution in [0.2, 0.25) is 0 Å². The minimum atomic E-state index is -0.233. The van der Waals surface area contributed by atoms with Crippen molar-refractivity contribution in [3.05, 3.63) is 39.9 Å². The number of carbonyl (C=O) groups excluding carboxylic acids is 1. The van der Waals surface area contributed by atoms with Gasteiger partial charge >= 0.3 is 0 Å². The van der Waals surface area contributed by atoms with Gasteiger partial charge in [0.25, 0.3) is 0 Å². The molecule has 0 saturated carbocycles. The first-order chi connectivity index (χ1) is 12.0. The molecule has 7 heteroatoms. The highest BCUT2D eigenvalue weighted by atomic mass is 32.1. The molecule has 0 aliphatic heterocycles. The van der Waals surface area contributed by atoms with Crippen LogP contribution in [0.15, 0.2) is 23.6 Å². The summed E-state index contributed by atoms with van der Waals surface area (Å²) >= 11 is 1.54. The average Bonchev–Trinajstić information content (AvgIpc) is 3.03. The first-order valence-electron chi connectivity index (χ1n) is 7.69. The van der Waals surface area contributed by atoms with Crippen LogP contribution < -0.4 is 19.5 Å². The van der Waals surface area contributed by atoms with Crippen LogP contribution in [0, 0.1) is 6.92 Å². The van der Waals surface area contributed by atoms with E-state index in [1.165, 1.54) is 6.08 Å². The number of amides is 1. The largest absolute Gasteiger partial charge is 0.493 e. The highest BCUT2D eigenvalue weighted by molar-refractivity contribution is 7.09. The lowest BCUT2D eigenvalue weighted by atomic mass is 10.1. The molecular weight excluding hydrogens is 340 g/mol. The minimum absolute atomic E-state index is 0.202. The molecule has 25 heavy (non-hydrogen) atoms. The van der Waals surface area contributed by atoms with Gasteiger partial charge in [0.15, 0.2) is 11.5 Å². The Morgan fingerprint density at radius 1 is 1.20 bits per heavy atom. The second-order valence-electron chi connectivity index (χ2n) is 5.31. The fourth-order valence-electron chi connectivity index (χ4n) is 2.31. The Kier molecular flexibility index (Phi) is 6.41. The van der Waals surface area contributed by atoms with E-state index >= 15 is 0 Å². The molecule has 0 spiro atoms. The van der Waals surface area contributed by atoms with Crippen molar-refractivity contribution in [2.45, 2.75) is 19.9 Å². The summed E-state index contributed by atoms with van der Waals surface area (Å²) in [5.41, 5.74) is 1.62. The third-order valence-electron chi connectivity index (χ3n) is 3.59. The first-order valence-corrected chi connectivity index (χ1v) is 8.57. The maximum absolute atomic E-state index is 12.1. The molecule has 0 fully saturated rings. The molecule has 0 radical (unpaired) electrons. The zero-order valence-electron chi connectivity index (χ0n) is 15.0.